The SMILES string of the molecule is CC(O)Cn1cc(C(=O)O)c(C(F)(F)F)c1. The predicted molar refractivity (Wildman–Crippen MR) is 48.1 cm³/mol. The molecule has 0 aliphatic heterocycles. The molecule has 1 aromatic rings. The smallest absolute Gasteiger partial charge is 0.418 e. The lowest BCUT2D eigenvalue weighted by Crippen LogP contribution is -2.10. The maximum atomic E-state index is 12.4. The Kier molecular flexibility index (Phi) is 3.27. The summed E-state index contributed by atoms with van der Waals surface area (Å²) in [5.41, 5.74) is -2.02. The van der Waals surface area contributed by atoms with Crippen LogP contribution in [0.25, 0.3) is 0 Å². The van der Waals surface area contributed by atoms with Gasteiger partial charge in [-0.25, -0.2) is 4.79 Å². The van der Waals surface area contributed by atoms with Crippen molar-refractivity contribution in [3.63, 3.8) is 0 Å². The highest BCUT2D eigenvalue weighted by Crippen LogP contribution is 2.32. The summed E-state index contributed by atoms with van der Waals surface area (Å²) >= 11 is 0. The quantitative estimate of drug-likeness (QED) is 0.839. The minimum absolute atomic E-state index is 0.0869. The topological polar surface area (TPSA) is 62.5 Å². The maximum Gasteiger partial charge on any atom is 0.418 e. The van der Waals surface area contributed by atoms with Crippen molar-refractivity contribution in [2.24, 2.45) is 0 Å². The Bertz CT molecular complexity index is 395. The molecule has 0 aliphatic rings. The molecule has 1 unspecified atom stereocenters. The van der Waals surface area contributed by atoms with Crippen LogP contribution < -0.4 is 0 Å². The van der Waals surface area contributed by atoms with Crippen LogP contribution >= 0.6 is 0 Å². The van der Waals surface area contributed by atoms with Crippen LogP contribution in [0.5, 0.6) is 0 Å². The lowest BCUT2D eigenvalue weighted by molar-refractivity contribution is -0.138. The molecule has 1 aromatic heterocycles. The molecule has 0 bridgehead atoms. The van der Waals surface area contributed by atoms with Crippen molar-refractivity contribution in [3.05, 3.63) is 23.5 Å². The van der Waals surface area contributed by atoms with Gasteiger partial charge in [0, 0.05) is 18.9 Å². The molecule has 0 saturated heterocycles. The zero-order chi connectivity index (χ0) is 12.5. The summed E-state index contributed by atoms with van der Waals surface area (Å²) in [5, 5.41) is 17.6. The Hall–Kier alpha value is -1.50. The van der Waals surface area contributed by atoms with Crippen molar-refractivity contribution < 1.29 is 28.2 Å². The van der Waals surface area contributed by atoms with Crippen LogP contribution in [0.3, 0.4) is 0 Å². The van der Waals surface area contributed by atoms with Crippen LogP contribution in [0, 0.1) is 0 Å². The van der Waals surface area contributed by atoms with Gasteiger partial charge in [-0.2, -0.15) is 13.2 Å². The Morgan fingerprint density at radius 1 is 1.50 bits per heavy atom. The standard InChI is InChI=1S/C9H10F3NO3/c1-5(14)2-13-3-6(8(15)16)7(4-13)9(10,11)12/h3-5,14H,2H2,1H3,(H,15,16). The molecule has 1 heterocycles. The van der Waals surface area contributed by atoms with Crippen molar-refractivity contribution in [2.75, 3.05) is 0 Å². The second kappa shape index (κ2) is 4.17. The number of halogens is 3. The van der Waals surface area contributed by atoms with Gasteiger partial charge in [0.15, 0.2) is 0 Å². The number of aromatic carboxylic acids is 1. The first-order valence-corrected chi connectivity index (χ1v) is 4.40. The number of alkyl halides is 3. The van der Waals surface area contributed by atoms with Crippen LogP contribution in [0.1, 0.15) is 22.8 Å². The largest absolute Gasteiger partial charge is 0.478 e. The van der Waals surface area contributed by atoms with Crippen LogP contribution in [0.2, 0.25) is 0 Å². The van der Waals surface area contributed by atoms with E-state index in [1.54, 1.807) is 0 Å². The second-order valence-electron chi connectivity index (χ2n) is 3.43. The van der Waals surface area contributed by atoms with E-state index in [1.165, 1.54) is 6.92 Å². The second-order valence-corrected chi connectivity index (χ2v) is 3.43. The Labute approximate surface area is 88.9 Å². The maximum absolute atomic E-state index is 12.4. The molecule has 7 heteroatoms. The number of aromatic nitrogens is 1. The summed E-state index contributed by atoms with van der Waals surface area (Å²) in [6, 6.07) is 0. The number of rotatable bonds is 3. The molecule has 4 nitrogen and oxygen atoms in total. The van der Waals surface area contributed by atoms with E-state index in [9.17, 15) is 18.0 Å². The van der Waals surface area contributed by atoms with Gasteiger partial charge in [0.05, 0.1) is 17.2 Å². The molecule has 0 spiro atoms. The normalized spacial score (nSPS) is 13.8. The van der Waals surface area contributed by atoms with E-state index in [1.807, 2.05) is 0 Å². The van der Waals surface area contributed by atoms with E-state index in [0.717, 1.165) is 10.8 Å². The summed E-state index contributed by atoms with van der Waals surface area (Å²) < 4.78 is 38.3. The number of aliphatic hydroxyl groups is 1. The van der Waals surface area contributed by atoms with Crippen molar-refractivity contribution in [3.8, 4) is 0 Å². The van der Waals surface area contributed by atoms with Gasteiger partial charge in [-0.3, -0.25) is 0 Å². The zero-order valence-electron chi connectivity index (χ0n) is 8.32. The van der Waals surface area contributed by atoms with Gasteiger partial charge in [-0.1, -0.05) is 0 Å². The first kappa shape index (κ1) is 12.6. The van der Waals surface area contributed by atoms with Crippen molar-refractivity contribution >= 4 is 5.97 Å². The molecule has 0 radical (unpaired) electrons. The summed E-state index contributed by atoms with van der Waals surface area (Å²) in [6.07, 6.45) is -4.03. The van der Waals surface area contributed by atoms with Gasteiger partial charge < -0.3 is 14.8 Å². The third-order valence-corrected chi connectivity index (χ3v) is 1.89. The molecule has 0 saturated carbocycles. The fraction of sp³-hybridized carbons (Fsp3) is 0.444. The van der Waals surface area contributed by atoms with E-state index >= 15 is 0 Å². The fourth-order valence-corrected chi connectivity index (χ4v) is 1.31. The molecule has 90 valence electrons. The summed E-state index contributed by atoms with van der Waals surface area (Å²) in [5.74, 6) is -1.64. The molecular weight excluding hydrogens is 227 g/mol. The summed E-state index contributed by atoms with van der Waals surface area (Å²) in [6.45, 7) is 1.31. The monoisotopic (exact) mass is 237 g/mol. The van der Waals surface area contributed by atoms with E-state index in [4.69, 9.17) is 10.2 Å². The number of hydrogen-bond donors (Lipinski definition) is 2. The van der Waals surface area contributed by atoms with E-state index in [0.29, 0.717) is 6.20 Å². The Morgan fingerprint density at radius 2 is 2.06 bits per heavy atom. The van der Waals surface area contributed by atoms with E-state index in [-0.39, 0.29) is 6.54 Å². The third-order valence-electron chi connectivity index (χ3n) is 1.89. The van der Waals surface area contributed by atoms with E-state index in [2.05, 4.69) is 0 Å². The van der Waals surface area contributed by atoms with Crippen molar-refractivity contribution in [1.29, 1.82) is 0 Å². The lowest BCUT2D eigenvalue weighted by Gasteiger charge is -2.05. The first-order chi connectivity index (χ1) is 7.21. The molecular formula is C9H10F3NO3. The average molecular weight is 237 g/mol. The highest BCUT2D eigenvalue weighted by atomic mass is 19.4. The van der Waals surface area contributed by atoms with Crippen LogP contribution in [0.15, 0.2) is 12.4 Å². The highest BCUT2D eigenvalue weighted by molar-refractivity contribution is 5.89. The Morgan fingerprint density at radius 3 is 2.38 bits per heavy atom. The van der Waals surface area contributed by atoms with Crippen LogP contribution in [-0.2, 0) is 12.7 Å². The van der Waals surface area contributed by atoms with Gasteiger partial charge in [0.25, 0.3) is 0 Å². The first-order valence-electron chi connectivity index (χ1n) is 4.40. The molecule has 16 heavy (non-hydrogen) atoms. The van der Waals surface area contributed by atoms with Gasteiger partial charge in [-0.05, 0) is 6.92 Å². The van der Waals surface area contributed by atoms with Crippen molar-refractivity contribution in [1.82, 2.24) is 4.57 Å². The minimum atomic E-state index is -4.71. The number of carboxylic acids is 1. The molecule has 1 atom stereocenters. The number of carbonyl (C=O) groups is 1. The third kappa shape index (κ3) is 2.75. The fourth-order valence-electron chi connectivity index (χ4n) is 1.31. The number of hydrogen-bond acceptors (Lipinski definition) is 2. The van der Waals surface area contributed by atoms with Crippen molar-refractivity contribution in [2.45, 2.75) is 25.7 Å². The van der Waals surface area contributed by atoms with Crippen LogP contribution in [0.4, 0.5) is 13.2 Å². The molecule has 1 rings (SSSR count). The lowest BCUT2D eigenvalue weighted by atomic mass is 10.2. The molecule has 0 aliphatic carbocycles. The number of carboxylic acid groups (broad SMARTS) is 1. The number of nitrogens with zero attached hydrogens (tertiary/aromatic N) is 1. The summed E-state index contributed by atoms with van der Waals surface area (Å²) in [7, 11) is 0. The molecule has 0 amide bonds. The highest BCUT2D eigenvalue weighted by Gasteiger charge is 2.36. The molecule has 2 N–H and O–H groups in total. The van der Waals surface area contributed by atoms with E-state index < -0.39 is 29.4 Å². The van der Waals surface area contributed by atoms with Gasteiger partial charge >= 0.3 is 12.1 Å². The van der Waals surface area contributed by atoms with Gasteiger partial charge in [0.2, 0.25) is 0 Å². The molecule has 0 fully saturated rings. The summed E-state index contributed by atoms with van der Waals surface area (Å²) in [4.78, 5) is 10.6. The van der Waals surface area contributed by atoms with Gasteiger partial charge in [-0.15, -0.1) is 0 Å². The van der Waals surface area contributed by atoms with Crippen LogP contribution in [-0.4, -0.2) is 26.9 Å². The average Bonchev–Trinajstić information content (AvgIpc) is 2.45. The minimum Gasteiger partial charge on any atom is -0.478 e. The number of aliphatic hydroxyl groups excluding tert-OH is 1. The van der Waals surface area contributed by atoms with Gasteiger partial charge in [0.1, 0.15) is 0 Å². The zero-order valence-corrected chi connectivity index (χ0v) is 8.32. The Balaban J connectivity index is 3.16. The molecule has 0 aromatic carbocycles. The predicted octanol–water partition coefficient (Wildman–Crippen LogP) is 1.59.